The Hall–Kier alpha value is -3.78. The van der Waals surface area contributed by atoms with Gasteiger partial charge in [-0.3, -0.25) is 9.69 Å². The maximum Gasteiger partial charge on any atom is 0.227 e. The highest BCUT2D eigenvalue weighted by atomic mass is 16.5. The fourth-order valence-corrected chi connectivity index (χ4v) is 4.91. The average Bonchev–Trinajstić information content (AvgIpc) is 3.33. The summed E-state index contributed by atoms with van der Waals surface area (Å²) in [6.07, 6.45) is 5.24. The predicted molar refractivity (Wildman–Crippen MR) is 154 cm³/mol. The number of carbonyl (C=O) groups excluding carboxylic acids is 1. The van der Waals surface area contributed by atoms with Gasteiger partial charge in [0.05, 0.1) is 45.8 Å². The largest absolute Gasteiger partial charge is 0.493 e. The highest BCUT2D eigenvalue weighted by Crippen LogP contribution is 2.39. The molecule has 2 aromatic carbocycles. The minimum Gasteiger partial charge on any atom is -0.493 e. The lowest BCUT2D eigenvalue weighted by molar-refractivity contribution is -0.121. The average molecular weight is 533 g/mol. The van der Waals surface area contributed by atoms with Crippen molar-refractivity contribution in [1.82, 2.24) is 20.0 Å². The lowest BCUT2D eigenvalue weighted by Crippen LogP contribution is -2.41. The Balaban J connectivity index is 1.31. The van der Waals surface area contributed by atoms with Crippen LogP contribution in [0.2, 0.25) is 0 Å². The first kappa shape index (κ1) is 28.2. The summed E-state index contributed by atoms with van der Waals surface area (Å²) in [6.45, 7) is 6.70. The number of carbonyl (C=O) groups is 1. The van der Waals surface area contributed by atoms with Crippen LogP contribution in [0, 0.1) is 5.92 Å². The molecule has 0 unspecified atom stereocenters. The third-order valence-corrected chi connectivity index (χ3v) is 6.85. The van der Waals surface area contributed by atoms with E-state index in [0.717, 1.165) is 55.0 Å². The van der Waals surface area contributed by atoms with E-state index in [1.165, 1.54) is 5.57 Å². The van der Waals surface area contributed by atoms with E-state index >= 15 is 0 Å². The molecular formula is C31H40N4O4. The van der Waals surface area contributed by atoms with Gasteiger partial charge in [-0.1, -0.05) is 43.7 Å². The third-order valence-electron chi connectivity index (χ3n) is 6.85. The zero-order valence-electron chi connectivity index (χ0n) is 23.7. The standard InChI is InChI=1S/C31H40N4O4/c1-22(2)15-27-19-25(33-35(27)26-9-7-6-8-10-26)20-30(36)32-21-34-13-11-23(12-14-34)16-24-17-28(37-3)31(39-5)29(18-24)38-4/h6-10,16-19,22H,11-15,20-21H2,1-5H3,(H,32,36). The summed E-state index contributed by atoms with van der Waals surface area (Å²) in [5.41, 5.74) is 5.31. The number of hydrogen-bond donors (Lipinski definition) is 1. The van der Waals surface area contributed by atoms with Gasteiger partial charge in [0.15, 0.2) is 11.5 Å². The molecule has 0 radical (unpaired) electrons. The van der Waals surface area contributed by atoms with Gasteiger partial charge < -0.3 is 19.5 Å². The number of methoxy groups -OCH3 is 3. The van der Waals surface area contributed by atoms with Gasteiger partial charge in [0.2, 0.25) is 11.7 Å². The number of rotatable bonds is 11. The lowest BCUT2D eigenvalue weighted by atomic mass is 10.0. The van der Waals surface area contributed by atoms with E-state index in [4.69, 9.17) is 19.3 Å². The Morgan fingerprint density at radius 1 is 1.00 bits per heavy atom. The van der Waals surface area contributed by atoms with E-state index in [1.807, 2.05) is 47.1 Å². The van der Waals surface area contributed by atoms with Crippen LogP contribution in [0.25, 0.3) is 11.8 Å². The van der Waals surface area contributed by atoms with Crippen LogP contribution >= 0.6 is 0 Å². The molecule has 8 nitrogen and oxygen atoms in total. The van der Waals surface area contributed by atoms with Crippen LogP contribution < -0.4 is 19.5 Å². The fraction of sp³-hybridized carbons (Fsp3) is 0.419. The Bertz CT molecular complexity index is 1250. The van der Waals surface area contributed by atoms with Crippen LogP contribution in [0.5, 0.6) is 17.2 Å². The maximum absolute atomic E-state index is 12.8. The molecule has 3 aromatic rings. The summed E-state index contributed by atoms with van der Waals surface area (Å²) in [5, 5.41) is 7.85. The number of amides is 1. The number of benzene rings is 2. The first-order valence-electron chi connectivity index (χ1n) is 13.5. The van der Waals surface area contributed by atoms with Crippen molar-refractivity contribution in [2.45, 2.75) is 39.5 Å². The van der Waals surface area contributed by atoms with Crippen molar-refractivity contribution in [3.05, 3.63) is 71.1 Å². The molecule has 0 saturated carbocycles. The smallest absolute Gasteiger partial charge is 0.227 e. The number of aromatic nitrogens is 2. The summed E-state index contributed by atoms with van der Waals surface area (Å²) >= 11 is 0. The zero-order valence-corrected chi connectivity index (χ0v) is 23.7. The molecule has 1 aromatic heterocycles. The first-order chi connectivity index (χ1) is 18.9. The van der Waals surface area contributed by atoms with E-state index in [-0.39, 0.29) is 12.3 Å². The van der Waals surface area contributed by atoms with Gasteiger partial charge in [0, 0.05) is 18.8 Å². The second-order valence-corrected chi connectivity index (χ2v) is 10.3. The van der Waals surface area contributed by atoms with Gasteiger partial charge in [-0.2, -0.15) is 5.10 Å². The van der Waals surface area contributed by atoms with E-state index in [1.54, 1.807) is 21.3 Å². The quantitative estimate of drug-likeness (QED) is 0.379. The Kier molecular flexibility index (Phi) is 9.65. The highest BCUT2D eigenvalue weighted by Gasteiger charge is 2.18. The van der Waals surface area contributed by atoms with Gasteiger partial charge in [-0.15, -0.1) is 0 Å². The van der Waals surface area contributed by atoms with Crippen LogP contribution in [0.15, 0.2) is 54.1 Å². The Morgan fingerprint density at radius 2 is 1.67 bits per heavy atom. The molecule has 1 saturated heterocycles. The summed E-state index contributed by atoms with van der Waals surface area (Å²) in [6, 6.07) is 16.1. The van der Waals surface area contributed by atoms with Gasteiger partial charge in [0.25, 0.3) is 0 Å². The SMILES string of the molecule is COc1cc(C=C2CCN(CNC(=O)Cc3cc(CC(C)C)n(-c4ccccc4)n3)CC2)cc(OC)c1OC. The van der Waals surface area contributed by atoms with Crippen molar-refractivity contribution in [2.24, 2.45) is 5.92 Å². The van der Waals surface area contributed by atoms with Crippen LogP contribution in [0.4, 0.5) is 0 Å². The number of ether oxygens (including phenoxy) is 3. The number of likely N-dealkylation sites (tertiary alicyclic amines) is 1. The zero-order chi connectivity index (χ0) is 27.8. The first-order valence-corrected chi connectivity index (χ1v) is 13.5. The summed E-state index contributed by atoms with van der Waals surface area (Å²) in [5.74, 6) is 2.37. The van der Waals surface area contributed by atoms with Crippen molar-refractivity contribution >= 4 is 12.0 Å². The lowest BCUT2D eigenvalue weighted by Gasteiger charge is -2.28. The van der Waals surface area contributed by atoms with Crippen LogP contribution in [0.3, 0.4) is 0 Å². The van der Waals surface area contributed by atoms with Crippen molar-refractivity contribution in [3.63, 3.8) is 0 Å². The number of nitrogens with one attached hydrogen (secondary N) is 1. The molecule has 2 heterocycles. The molecule has 0 aliphatic carbocycles. The molecule has 4 rings (SSSR count). The number of para-hydroxylation sites is 1. The van der Waals surface area contributed by atoms with E-state index in [0.29, 0.717) is 29.8 Å². The molecular weight excluding hydrogens is 492 g/mol. The molecule has 1 fully saturated rings. The van der Waals surface area contributed by atoms with Crippen LogP contribution in [-0.2, 0) is 17.6 Å². The molecule has 39 heavy (non-hydrogen) atoms. The summed E-state index contributed by atoms with van der Waals surface area (Å²) in [4.78, 5) is 15.1. The van der Waals surface area contributed by atoms with Crippen molar-refractivity contribution in [3.8, 4) is 22.9 Å². The van der Waals surface area contributed by atoms with Gasteiger partial charge in [-0.05, 0) is 61.1 Å². The molecule has 1 N–H and O–H groups in total. The highest BCUT2D eigenvalue weighted by molar-refractivity contribution is 5.78. The Labute approximate surface area is 231 Å². The third kappa shape index (κ3) is 7.41. The summed E-state index contributed by atoms with van der Waals surface area (Å²) < 4.78 is 18.4. The Morgan fingerprint density at radius 3 is 2.26 bits per heavy atom. The predicted octanol–water partition coefficient (Wildman–Crippen LogP) is 4.89. The molecule has 208 valence electrons. The van der Waals surface area contributed by atoms with E-state index < -0.39 is 0 Å². The molecule has 0 atom stereocenters. The van der Waals surface area contributed by atoms with Crippen molar-refractivity contribution in [2.75, 3.05) is 41.1 Å². The van der Waals surface area contributed by atoms with Crippen molar-refractivity contribution < 1.29 is 19.0 Å². The molecule has 0 spiro atoms. The normalized spacial score (nSPS) is 13.8. The van der Waals surface area contributed by atoms with E-state index in [9.17, 15) is 4.79 Å². The molecule has 1 amide bonds. The number of nitrogens with zero attached hydrogens (tertiary/aromatic N) is 3. The molecule has 1 aliphatic heterocycles. The van der Waals surface area contributed by atoms with Gasteiger partial charge in [-0.25, -0.2) is 4.68 Å². The monoisotopic (exact) mass is 532 g/mol. The number of hydrogen-bond acceptors (Lipinski definition) is 6. The molecule has 8 heteroatoms. The summed E-state index contributed by atoms with van der Waals surface area (Å²) in [7, 11) is 4.86. The van der Waals surface area contributed by atoms with E-state index in [2.05, 4.69) is 36.2 Å². The minimum absolute atomic E-state index is 0.0115. The van der Waals surface area contributed by atoms with Gasteiger partial charge >= 0.3 is 0 Å². The van der Waals surface area contributed by atoms with Gasteiger partial charge in [0.1, 0.15) is 0 Å². The topological polar surface area (TPSA) is 77.9 Å². The van der Waals surface area contributed by atoms with Crippen LogP contribution in [0.1, 0.15) is 43.6 Å². The van der Waals surface area contributed by atoms with Crippen molar-refractivity contribution in [1.29, 1.82) is 0 Å². The van der Waals surface area contributed by atoms with Crippen LogP contribution in [-0.4, -0.2) is 61.7 Å². The number of piperidine rings is 1. The molecule has 1 aliphatic rings. The second kappa shape index (κ2) is 13.3. The second-order valence-electron chi connectivity index (χ2n) is 10.3. The maximum atomic E-state index is 12.8. The fourth-order valence-electron chi connectivity index (χ4n) is 4.91. The minimum atomic E-state index is -0.0115. The molecule has 0 bridgehead atoms.